The van der Waals surface area contributed by atoms with Crippen molar-refractivity contribution in [2.75, 3.05) is 13.1 Å². The van der Waals surface area contributed by atoms with Crippen molar-refractivity contribution in [1.29, 1.82) is 0 Å². The van der Waals surface area contributed by atoms with E-state index in [2.05, 4.69) is 26.1 Å². The maximum absolute atomic E-state index is 3.54. The SMILES string of the molecule is CCCCCC(C)(CNCC)C1CC1. The molecule has 1 aliphatic carbocycles. The molecular formula is C13H27N. The van der Waals surface area contributed by atoms with Crippen LogP contribution in [0.3, 0.4) is 0 Å². The van der Waals surface area contributed by atoms with E-state index in [1.807, 2.05) is 0 Å². The van der Waals surface area contributed by atoms with Crippen LogP contribution in [0.4, 0.5) is 0 Å². The topological polar surface area (TPSA) is 12.0 Å². The van der Waals surface area contributed by atoms with Crippen LogP contribution in [-0.4, -0.2) is 13.1 Å². The third kappa shape index (κ3) is 3.61. The molecule has 1 unspecified atom stereocenters. The van der Waals surface area contributed by atoms with Crippen molar-refractivity contribution in [2.24, 2.45) is 11.3 Å². The van der Waals surface area contributed by atoms with Gasteiger partial charge in [0.25, 0.3) is 0 Å². The van der Waals surface area contributed by atoms with Crippen LogP contribution in [0.1, 0.15) is 59.3 Å². The van der Waals surface area contributed by atoms with E-state index in [0.717, 1.165) is 12.5 Å². The van der Waals surface area contributed by atoms with Gasteiger partial charge in [0, 0.05) is 6.54 Å². The highest BCUT2D eigenvalue weighted by molar-refractivity contribution is 4.92. The van der Waals surface area contributed by atoms with Gasteiger partial charge in [0.2, 0.25) is 0 Å². The molecule has 1 atom stereocenters. The van der Waals surface area contributed by atoms with Gasteiger partial charge in [0.1, 0.15) is 0 Å². The summed E-state index contributed by atoms with van der Waals surface area (Å²) in [7, 11) is 0. The van der Waals surface area contributed by atoms with E-state index in [4.69, 9.17) is 0 Å². The van der Waals surface area contributed by atoms with Gasteiger partial charge in [-0.2, -0.15) is 0 Å². The zero-order valence-electron chi connectivity index (χ0n) is 10.2. The second-order valence-corrected chi connectivity index (χ2v) is 5.17. The number of nitrogens with one attached hydrogen (secondary N) is 1. The van der Waals surface area contributed by atoms with Crippen LogP contribution in [0, 0.1) is 11.3 Å². The van der Waals surface area contributed by atoms with E-state index in [1.165, 1.54) is 45.1 Å². The van der Waals surface area contributed by atoms with Gasteiger partial charge in [0.15, 0.2) is 0 Å². The Hall–Kier alpha value is -0.0400. The molecule has 0 saturated heterocycles. The predicted octanol–water partition coefficient (Wildman–Crippen LogP) is 3.59. The summed E-state index contributed by atoms with van der Waals surface area (Å²) in [6.45, 7) is 9.34. The summed E-state index contributed by atoms with van der Waals surface area (Å²) in [5, 5.41) is 3.54. The van der Waals surface area contributed by atoms with Crippen LogP contribution < -0.4 is 5.32 Å². The fourth-order valence-electron chi connectivity index (χ4n) is 2.41. The fraction of sp³-hybridized carbons (Fsp3) is 1.00. The van der Waals surface area contributed by atoms with Gasteiger partial charge in [-0.1, -0.05) is 40.0 Å². The summed E-state index contributed by atoms with van der Waals surface area (Å²) < 4.78 is 0. The standard InChI is InChI=1S/C13H27N/c1-4-6-7-10-13(3,11-14-5-2)12-8-9-12/h12,14H,4-11H2,1-3H3. The van der Waals surface area contributed by atoms with Crippen molar-refractivity contribution in [1.82, 2.24) is 5.32 Å². The van der Waals surface area contributed by atoms with Gasteiger partial charge >= 0.3 is 0 Å². The quantitative estimate of drug-likeness (QED) is 0.586. The van der Waals surface area contributed by atoms with Gasteiger partial charge in [-0.15, -0.1) is 0 Å². The summed E-state index contributed by atoms with van der Waals surface area (Å²) in [5.41, 5.74) is 0.602. The molecule has 0 aromatic heterocycles. The third-order valence-corrected chi connectivity index (χ3v) is 3.69. The Bertz CT molecular complexity index is 151. The lowest BCUT2D eigenvalue weighted by Crippen LogP contribution is -2.33. The van der Waals surface area contributed by atoms with Crippen LogP contribution in [0.15, 0.2) is 0 Å². The maximum Gasteiger partial charge on any atom is 0.000770 e. The summed E-state index contributed by atoms with van der Waals surface area (Å²) in [6.07, 6.45) is 8.58. The third-order valence-electron chi connectivity index (χ3n) is 3.69. The van der Waals surface area contributed by atoms with Crippen molar-refractivity contribution < 1.29 is 0 Å². The molecule has 0 radical (unpaired) electrons. The summed E-state index contributed by atoms with van der Waals surface area (Å²) >= 11 is 0. The molecule has 1 nitrogen and oxygen atoms in total. The molecule has 1 N–H and O–H groups in total. The maximum atomic E-state index is 3.54. The van der Waals surface area contributed by atoms with Crippen LogP contribution in [0.2, 0.25) is 0 Å². The molecule has 84 valence electrons. The Morgan fingerprint density at radius 2 is 1.93 bits per heavy atom. The van der Waals surface area contributed by atoms with Crippen LogP contribution in [-0.2, 0) is 0 Å². The molecule has 0 amide bonds. The highest BCUT2D eigenvalue weighted by Crippen LogP contribution is 2.48. The van der Waals surface area contributed by atoms with Gasteiger partial charge in [-0.05, 0) is 37.1 Å². The number of hydrogen-bond acceptors (Lipinski definition) is 1. The Balaban J connectivity index is 2.28. The first-order chi connectivity index (χ1) is 6.73. The minimum Gasteiger partial charge on any atom is -0.316 e. The molecule has 0 spiro atoms. The predicted molar refractivity (Wildman–Crippen MR) is 63.5 cm³/mol. The first kappa shape index (κ1) is 12.0. The van der Waals surface area contributed by atoms with E-state index in [1.54, 1.807) is 0 Å². The minimum atomic E-state index is 0.602. The smallest absolute Gasteiger partial charge is 0.000770 e. The fourth-order valence-corrected chi connectivity index (χ4v) is 2.41. The molecule has 1 fully saturated rings. The van der Waals surface area contributed by atoms with Crippen molar-refractivity contribution in [2.45, 2.75) is 59.3 Å². The molecule has 1 aliphatic rings. The van der Waals surface area contributed by atoms with Crippen LogP contribution in [0.25, 0.3) is 0 Å². The summed E-state index contributed by atoms with van der Waals surface area (Å²) in [4.78, 5) is 0. The first-order valence-electron chi connectivity index (χ1n) is 6.43. The highest BCUT2D eigenvalue weighted by atomic mass is 14.9. The molecular weight excluding hydrogens is 170 g/mol. The molecule has 0 bridgehead atoms. The van der Waals surface area contributed by atoms with Gasteiger partial charge in [0.05, 0.1) is 0 Å². The van der Waals surface area contributed by atoms with Crippen LogP contribution >= 0.6 is 0 Å². The van der Waals surface area contributed by atoms with Crippen molar-refractivity contribution in [3.8, 4) is 0 Å². The Morgan fingerprint density at radius 1 is 1.21 bits per heavy atom. The van der Waals surface area contributed by atoms with E-state index in [-0.39, 0.29) is 0 Å². The minimum absolute atomic E-state index is 0.602. The van der Waals surface area contributed by atoms with Gasteiger partial charge in [-0.3, -0.25) is 0 Å². The first-order valence-corrected chi connectivity index (χ1v) is 6.43. The molecule has 0 aromatic rings. The molecule has 1 saturated carbocycles. The lowest BCUT2D eigenvalue weighted by Gasteiger charge is -2.30. The van der Waals surface area contributed by atoms with Gasteiger partial charge in [-0.25, -0.2) is 0 Å². The Labute approximate surface area is 89.7 Å². The van der Waals surface area contributed by atoms with Crippen LogP contribution in [0.5, 0.6) is 0 Å². The molecule has 0 aliphatic heterocycles. The Kier molecular flexibility index (Phi) is 4.94. The van der Waals surface area contributed by atoms with Crippen molar-refractivity contribution in [3.63, 3.8) is 0 Å². The normalized spacial score (nSPS) is 20.8. The zero-order valence-corrected chi connectivity index (χ0v) is 10.2. The molecule has 1 heteroatoms. The van der Waals surface area contributed by atoms with E-state index < -0.39 is 0 Å². The molecule has 0 aromatic carbocycles. The molecule has 0 heterocycles. The van der Waals surface area contributed by atoms with Crippen molar-refractivity contribution in [3.05, 3.63) is 0 Å². The lowest BCUT2D eigenvalue weighted by atomic mass is 9.79. The molecule has 14 heavy (non-hydrogen) atoms. The average molecular weight is 197 g/mol. The number of hydrogen-bond donors (Lipinski definition) is 1. The zero-order chi connectivity index (χ0) is 10.4. The van der Waals surface area contributed by atoms with E-state index >= 15 is 0 Å². The van der Waals surface area contributed by atoms with E-state index in [0.29, 0.717) is 5.41 Å². The largest absolute Gasteiger partial charge is 0.316 e. The Morgan fingerprint density at radius 3 is 2.43 bits per heavy atom. The van der Waals surface area contributed by atoms with Gasteiger partial charge < -0.3 is 5.32 Å². The van der Waals surface area contributed by atoms with Crippen molar-refractivity contribution >= 4 is 0 Å². The molecule has 1 rings (SSSR count). The summed E-state index contributed by atoms with van der Waals surface area (Å²) in [6, 6.07) is 0. The number of rotatable bonds is 8. The van der Waals surface area contributed by atoms with E-state index in [9.17, 15) is 0 Å². The average Bonchev–Trinajstić information content (AvgIpc) is 2.98. The second kappa shape index (κ2) is 5.75. The second-order valence-electron chi connectivity index (χ2n) is 5.17. The number of unbranched alkanes of at least 4 members (excludes halogenated alkanes) is 2. The lowest BCUT2D eigenvalue weighted by molar-refractivity contribution is 0.230. The highest BCUT2D eigenvalue weighted by Gasteiger charge is 2.40. The summed E-state index contributed by atoms with van der Waals surface area (Å²) in [5.74, 6) is 1.03. The monoisotopic (exact) mass is 197 g/mol.